The van der Waals surface area contributed by atoms with Gasteiger partial charge in [0.25, 0.3) is 5.69 Å². The molecule has 0 atom stereocenters. The molecule has 0 N–H and O–H groups in total. The Labute approximate surface area is 160 Å². The number of benzene rings is 2. The van der Waals surface area contributed by atoms with Crippen molar-refractivity contribution in [3.63, 3.8) is 0 Å². The lowest BCUT2D eigenvalue weighted by atomic mass is 10.1. The molecular weight excluding hydrogens is 358 g/mol. The molecule has 0 aliphatic heterocycles. The Morgan fingerprint density at radius 2 is 1.93 bits per heavy atom. The topological polar surface area (TPSA) is 99.9 Å². The second-order valence-corrected chi connectivity index (χ2v) is 6.46. The molecule has 0 aliphatic carbocycles. The lowest BCUT2D eigenvalue weighted by Gasteiger charge is -2.05. The monoisotopic (exact) mass is 375 g/mol. The van der Waals surface area contributed by atoms with Gasteiger partial charge in [-0.15, -0.1) is 5.10 Å². The molecule has 0 aliphatic rings. The average Bonchev–Trinajstić information content (AvgIpc) is 3.36. The molecule has 8 nitrogen and oxygen atoms in total. The van der Waals surface area contributed by atoms with Gasteiger partial charge in [0.2, 0.25) is 0 Å². The molecule has 4 aromatic rings. The third-order valence-corrected chi connectivity index (χ3v) is 4.43. The molecule has 0 unspecified atom stereocenters. The normalized spacial score (nSPS) is 10.9. The first-order valence-electron chi connectivity index (χ1n) is 8.77. The van der Waals surface area contributed by atoms with Crippen LogP contribution in [0.1, 0.15) is 17.0 Å². The van der Waals surface area contributed by atoms with E-state index in [1.807, 2.05) is 31.2 Å². The molecule has 2 aromatic carbocycles. The maximum absolute atomic E-state index is 10.8. The standard InChI is InChI=1S/C20H17N5O3/c1-14-3-2-4-15(11-14)20-12-19(28-22-20)10-9-18-13-21-23-24(18)16-5-7-17(8-6-16)25(26)27/h2-8,11-13H,9-10H2,1H3. The van der Waals surface area contributed by atoms with Crippen LogP contribution in [0.2, 0.25) is 0 Å². The summed E-state index contributed by atoms with van der Waals surface area (Å²) >= 11 is 0. The van der Waals surface area contributed by atoms with Crippen LogP contribution < -0.4 is 0 Å². The summed E-state index contributed by atoms with van der Waals surface area (Å²) in [4.78, 5) is 10.4. The van der Waals surface area contributed by atoms with Crippen LogP contribution in [0.5, 0.6) is 0 Å². The number of non-ortho nitro benzene ring substituents is 1. The van der Waals surface area contributed by atoms with Crippen LogP contribution in [-0.4, -0.2) is 25.1 Å². The van der Waals surface area contributed by atoms with Crippen LogP contribution in [0, 0.1) is 17.0 Å². The third-order valence-electron chi connectivity index (χ3n) is 4.43. The molecule has 0 bridgehead atoms. The maximum Gasteiger partial charge on any atom is 0.269 e. The van der Waals surface area contributed by atoms with Gasteiger partial charge in [-0.05, 0) is 31.5 Å². The Morgan fingerprint density at radius 1 is 1.11 bits per heavy atom. The molecule has 4 rings (SSSR count). The van der Waals surface area contributed by atoms with Gasteiger partial charge in [0.05, 0.1) is 22.5 Å². The number of nitro groups is 1. The molecular formula is C20H17N5O3. The lowest BCUT2D eigenvalue weighted by Crippen LogP contribution is -2.03. The first-order chi connectivity index (χ1) is 13.6. The highest BCUT2D eigenvalue weighted by Gasteiger charge is 2.12. The van der Waals surface area contributed by atoms with Gasteiger partial charge in [-0.2, -0.15) is 0 Å². The predicted octanol–water partition coefficient (Wildman–Crippen LogP) is 3.92. The molecule has 140 valence electrons. The Balaban J connectivity index is 1.48. The summed E-state index contributed by atoms with van der Waals surface area (Å²) < 4.78 is 7.14. The summed E-state index contributed by atoms with van der Waals surface area (Å²) in [6, 6.07) is 16.2. The van der Waals surface area contributed by atoms with Crippen LogP contribution in [0.3, 0.4) is 0 Å². The summed E-state index contributed by atoms with van der Waals surface area (Å²) in [5.74, 6) is 0.771. The second kappa shape index (κ2) is 7.43. The van der Waals surface area contributed by atoms with Gasteiger partial charge in [-0.3, -0.25) is 10.1 Å². The number of nitrogens with zero attached hydrogens (tertiary/aromatic N) is 5. The number of aromatic nitrogens is 4. The van der Waals surface area contributed by atoms with Gasteiger partial charge in [0.15, 0.2) is 0 Å². The van der Waals surface area contributed by atoms with Crippen LogP contribution in [0.4, 0.5) is 5.69 Å². The molecule has 0 saturated heterocycles. The fourth-order valence-electron chi connectivity index (χ4n) is 2.98. The van der Waals surface area contributed by atoms with Crippen molar-refractivity contribution in [3.05, 3.63) is 87.9 Å². The lowest BCUT2D eigenvalue weighted by molar-refractivity contribution is -0.384. The van der Waals surface area contributed by atoms with E-state index in [0.717, 1.165) is 28.4 Å². The first kappa shape index (κ1) is 17.6. The van der Waals surface area contributed by atoms with E-state index < -0.39 is 4.92 Å². The van der Waals surface area contributed by atoms with E-state index in [1.54, 1.807) is 23.0 Å². The van der Waals surface area contributed by atoms with Crippen LogP contribution >= 0.6 is 0 Å². The van der Waals surface area contributed by atoms with E-state index in [2.05, 4.69) is 21.5 Å². The van der Waals surface area contributed by atoms with Crippen molar-refractivity contribution in [2.75, 3.05) is 0 Å². The smallest absolute Gasteiger partial charge is 0.269 e. The van der Waals surface area contributed by atoms with E-state index >= 15 is 0 Å². The quantitative estimate of drug-likeness (QED) is 0.374. The summed E-state index contributed by atoms with van der Waals surface area (Å²) in [5, 5.41) is 23.0. The van der Waals surface area contributed by atoms with E-state index in [4.69, 9.17) is 4.52 Å². The zero-order valence-corrected chi connectivity index (χ0v) is 15.1. The van der Waals surface area contributed by atoms with Gasteiger partial charge in [0.1, 0.15) is 11.5 Å². The molecule has 0 spiro atoms. The highest BCUT2D eigenvalue weighted by molar-refractivity contribution is 5.59. The van der Waals surface area contributed by atoms with Crippen molar-refractivity contribution < 1.29 is 9.45 Å². The van der Waals surface area contributed by atoms with Gasteiger partial charge in [-0.1, -0.05) is 34.1 Å². The van der Waals surface area contributed by atoms with E-state index in [1.165, 1.54) is 17.7 Å². The zero-order valence-electron chi connectivity index (χ0n) is 15.1. The number of rotatable bonds is 6. The fraction of sp³-hybridized carbons (Fsp3) is 0.150. The highest BCUT2D eigenvalue weighted by atomic mass is 16.6. The van der Waals surface area contributed by atoms with Crippen molar-refractivity contribution in [2.45, 2.75) is 19.8 Å². The number of hydrogen-bond acceptors (Lipinski definition) is 6. The van der Waals surface area contributed by atoms with Gasteiger partial charge < -0.3 is 4.52 Å². The third kappa shape index (κ3) is 3.66. The molecule has 0 amide bonds. The predicted molar refractivity (Wildman–Crippen MR) is 102 cm³/mol. The van der Waals surface area contributed by atoms with Gasteiger partial charge in [-0.25, -0.2) is 4.68 Å². The summed E-state index contributed by atoms with van der Waals surface area (Å²) in [5.41, 5.74) is 4.63. The number of aryl methyl sites for hydroxylation is 3. The molecule has 2 aromatic heterocycles. The largest absolute Gasteiger partial charge is 0.361 e. The van der Waals surface area contributed by atoms with E-state index in [9.17, 15) is 10.1 Å². The molecule has 0 radical (unpaired) electrons. The highest BCUT2D eigenvalue weighted by Crippen LogP contribution is 2.21. The van der Waals surface area contributed by atoms with Crippen LogP contribution in [0.15, 0.2) is 65.3 Å². The molecule has 8 heteroatoms. The van der Waals surface area contributed by atoms with E-state index in [0.29, 0.717) is 12.8 Å². The van der Waals surface area contributed by atoms with Gasteiger partial charge >= 0.3 is 0 Å². The Morgan fingerprint density at radius 3 is 2.68 bits per heavy atom. The van der Waals surface area contributed by atoms with Crippen molar-refractivity contribution >= 4 is 5.69 Å². The van der Waals surface area contributed by atoms with Crippen molar-refractivity contribution in [1.29, 1.82) is 0 Å². The van der Waals surface area contributed by atoms with Crippen LogP contribution in [-0.2, 0) is 12.8 Å². The van der Waals surface area contributed by atoms with Crippen LogP contribution in [0.25, 0.3) is 16.9 Å². The molecule has 28 heavy (non-hydrogen) atoms. The molecule has 0 fully saturated rings. The number of hydrogen-bond donors (Lipinski definition) is 0. The maximum atomic E-state index is 10.8. The Hall–Kier alpha value is -3.81. The average molecular weight is 375 g/mol. The number of nitro benzene ring substituents is 1. The fourth-order valence-corrected chi connectivity index (χ4v) is 2.98. The second-order valence-electron chi connectivity index (χ2n) is 6.46. The minimum Gasteiger partial charge on any atom is -0.361 e. The Kier molecular flexibility index (Phi) is 4.67. The SMILES string of the molecule is Cc1cccc(-c2cc(CCc3cnnn3-c3ccc([N+](=O)[O-])cc3)on2)c1. The van der Waals surface area contributed by atoms with Crippen molar-refractivity contribution in [2.24, 2.45) is 0 Å². The van der Waals surface area contributed by atoms with Crippen molar-refractivity contribution in [3.8, 4) is 16.9 Å². The first-order valence-corrected chi connectivity index (χ1v) is 8.77. The summed E-state index contributed by atoms with van der Waals surface area (Å²) in [7, 11) is 0. The van der Waals surface area contributed by atoms with E-state index in [-0.39, 0.29) is 5.69 Å². The Bertz CT molecular complexity index is 1110. The zero-order chi connectivity index (χ0) is 19.5. The summed E-state index contributed by atoms with van der Waals surface area (Å²) in [6.07, 6.45) is 2.96. The van der Waals surface area contributed by atoms with Gasteiger partial charge in [0, 0.05) is 30.2 Å². The molecule has 2 heterocycles. The molecule has 0 saturated carbocycles. The summed E-state index contributed by atoms with van der Waals surface area (Å²) in [6.45, 7) is 2.04. The minimum atomic E-state index is -0.429. The minimum absolute atomic E-state index is 0.0377. The van der Waals surface area contributed by atoms with Crippen molar-refractivity contribution in [1.82, 2.24) is 20.2 Å².